The second-order valence-electron chi connectivity index (χ2n) is 6.75. The second-order valence-corrected chi connectivity index (χ2v) is 7.56. The van der Waals surface area contributed by atoms with Gasteiger partial charge in [-0.05, 0) is 58.0 Å². The minimum Gasteiger partial charge on any atom is -0.267 e. The lowest BCUT2D eigenvalue weighted by atomic mass is 10.1. The van der Waals surface area contributed by atoms with Crippen molar-refractivity contribution in [1.82, 2.24) is 10.4 Å². The van der Waals surface area contributed by atoms with E-state index in [1.807, 2.05) is 39.8 Å². The summed E-state index contributed by atoms with van der Waals surface area (Å²) in [5, 5.41) is 1.95. The number of hydrogen-bond donors (Lipinski definition) is 1. The number of carbonyl (C=O) groups is 2. The molecule has 2 aromatic carbocycles. The molecule has 0 aliphatic heterocycles. The third kappa shape index (κ3) is 4.74. The Balaban J connectivity index is 2.29. The molecule has 132 valence electrons. The standard InChI is InChI=1S/C19H20Cl2N2O2/c1-12-5-7-13(8-6-12)17(24)22-23(19(2,3)4)18(25)14-9-10-15(20)16(21)11-14/h5-11H,1-4H3,(H,22,24). The molecule has 6 heteroatoms. The van der Waals surface area contributed by atoms with Crippen LogP contribution in [0.25, 0.3) is 0 Å². The summed E-state index contributed by atoms with van der Waals surface area (Å²) in [6, 6.07) is 11.7. The molecule has 0 fully saturated rings. The van der Waals surface area contributed by atoms with Gasteiger partial charge >= 0.3 is 0 Å². The van der Waals surface area contributed by atoms with Gasteiger partial charge in [-0.15, -0.1) is 0 Å². The smallest absolute Gasteiger partial charge is 0.267 e. The maximum atomic E-state index is 12.9. The molecule has 1 N–H and O–H groups in total. The van der Waals surface area contributed by atoms with Crippen LogP contribution in [0.15, 0.2) is 42.5 Å². The monoisotopic (exact) mass is 378 g/mol. The molecule has 0 bridgehead atoms. The van der Waals surface area contributed by atoms with Crippen molar-refractivity contribution in [2.45, 2.75) is 33.2 Å². The average Bonchev–Trinajstić information content (AvgIpc) is 2.54. The number of carbonyl (C=O) groups excluding carboxylic acids is 2. The number of rotatable bonds is 2. The van der Waals surface area contributed by atoms with E-state index in [-0.39, 0.29) is 16.8 Å². The average molecular weight is 379 g/mol. The zero-order chi connectivity index (χ0) is 18.8. The lowest BCUT2D eigenvalue weighted by Crippen LogP contribution is -2.55. The topological polar surface area (TPSA) is 49.4 Å². The van der Waals surface area contributed by atoms with E-state index >= 15 is 0 Å². The van der Waals surface area contributed by atoms with Gasteiger partial charge in [0.2, 0.25) is 0 Å². The van der Waals surface area contributed by atoms with E-state index in [9.17, 15) is 9.59 Å². The van der Waals surface area contributed by atoms with Gasteiger partial charge in [-0.25, -0.2) is 5.01 Å². The van der Waals surface area contributed by atoms with Gasteiger partial charge in [-0.3, -0.25) is 15.0 Å². The number of amides is 2. The number of hydrogen-bond acceptors (Lipinski definition) is 2. The molecule has 0 atom stereocenters. The Hall–Kier alpha value is -2.04. The predicted octanol–water partition coefficient (Wildman–Crippen LogP) is 4.89. The normalized spacial score (nSPS) is 11.1. The molecule has 0 aromatic heterocycles. The Morgan fingerprint density at radius 1 is 0.920 bits per heavy atom. The first kappa shape index (κ1) is 19.3. The van der Waals surface area contributed by atoms with Gasteiger partial charge in [0, 0.05) is 11.1 Å². The molecule has 0 saturated carbocycles. The third-order valence-corrected chi connectivity index (χ3v) is 4.31. The molecule has 2 amide bonds. The maximum Gasteiger partial charge on any atom is 0.272 e. The molecule has 0 aliphatic carbocycles. The molecule has 0 saturated heterocycles. The maximum absolute atomic E-state index is 12.9. The number of nitrogens with zero attached hydrogens (tertiary/aromatic N) is 1. The Morgan fingerprint density at radius 3 is 2.00 bits per heavy atom. The number of aryl methyl sites for hydroxylation is 1. The van der Waals surface area contributed by atoms with Gasteiger partial charge in [0.05, 0.1) is 15.6 Å². The van der Waals surface area contributed by atoms with Crippen molar-refractivity contribution in [2.24, 2.45) is 0 Å². The van der Waals surface area contributed by atoms with Gasteiger partial charge in [0.25, 0.3) is 11.8 Å². The lowest BCUT2D eigenvalue weighted by Gasteiger charge is -2.35. The Labute approximate surface area is 157 Å². The Morgan fingerprint density at radius 2 is 1.48 bits per heavy atom. The minimum absolute atomic E-state index is 0.284. The minimum atomic E-state index is -0.635. The van der Waals surface area contributed by atoms with Crippen LogP contribution in [-0.2, 0) is 0 Å². The first-order valence-electron chi connectivity index (χ1n) is 7.77. The molecule has 0 heterocycles. The van der Waals surface area contributed by atoms with Gasteiger partial charge in [-0.2, -0.15) is 0 Å². The Bertz CT molecular complexity index is 796. The zero-order valence-corrected chi connectivity index (χ0v) is 16.1. The van der Waals surface area contributed by atoms with Crippen molar-refractivity contribution in [3.05, 3.63) is 69.2 Å². The van der Waals surface area contributed by atoms with E-state index in [1.54, 1.807) is 24.3 Å². The first-order chi connectivity index (χ1) is 11.6. The van der Waals surface area contributed by atoms with Crippen molar-refractivity contribution in [3.63, 3.8) is 0 Å². The lowest BCUT2D eigenvalue weighted by molar-refractivity contribution is 0.0358. The van der Waals surface area contributed by atoms with Crippen molar-refractivity contribution in [1.29, 1.82) is 0 Å². The van der Waals surface area contributed by atoms with Crippen molar-refractivity contribution in [3.8, 4) is 0 Å². The molecule has 0 aliphatic rings. The quantitative estimate of drug-likeness (QED) is 0.756. The molecule has 2 aromatic rings. The van der Waals surface area contributed by atoms with Gasteiger partial charge in [-0.1, -0.05) is 40.9 Å². The summed E-state index contributed by atoms with van der Waals surface area (Å²) in [4.78, 5) is 25.4. The summed E-state index contributed by atoms with van der Waals surface area (Å²) >= 11 is 11.9. The van der Waals surface area contributed by atoms with Crippen LogP contribution < -0.4 is 5.43 Å². The molecule has 0 radical (unpaired) electrons. The molecule has 0 unspecified atom stereocenters. The summed E-state index contributed by atoms with van der Waals surface area (Å²) < 4.78 is 0. The molecule has 0 spiro atoms. The molecule has 4 nitrogen and oxygen atoms in total. The third-order valence-electron chi connectivity index (χ3n) is 3.57. The van der Waals surface area contributed by atoms with Gasteiger partial charge in [0.15, 0.2) is 0 Å². The molecular formula is C19H20Cl2N2O2. The van der Waals surface area contributed by atoms with Gasteiger partial charge < -0.3 is 0 Å². The fourth-order valence-electron chi connectivity index (χ4n) is 2.15. The molecular weight excluding hydrogens is 359 g/mol. The summed E-state index contributed by atoms with van der Waals surface area (Å²) in [5.41, 5.74) is 3.93. The summed E-state index contributed by atoms with van der Waals surface area (Å²) in [5.74, 6) is -0.727. The van der Waals surface area contributed by atoms with Gasteiger partial charge in [0.1, 0.15) is 0 Å². The number of halogens is 2. The summed E-state index contributed by atoms with van der Waals surface area (Å²) in [6.07, 6.45) is 0. The highest BCUT2D eigenvalue weighted by Crippen LogP contribution is 2.24. The van der Waals surface area contributed by atoms with Crippen molar-refractivity contribution in [2.75, 3.05) is 0 Å². The predicted molar refractivity (Wildman–Crippen MR) is 101 cm³/mol. The fourth-order valence-corrected chi connectivity index (χ4v) is 2.45. The van der Waals surface area contributed by atoms with Crippen LogP contribution >= 0.6 is 23.2 Å². The number of benzene rings is 2. The highest BCUT2D eigenvalue weighted by molar-refractivity contribution is 6.42. The van der Waals surface area contributed by atoms with Crippen molar-refractivity contribution < 1.29 is 9.59 Å². The zero-order valence-electron chi connectivity index (χ0n) is 14.6. The fraction of sp³-hybridized carbons (Fsp3) is 0.263. The second kappa shape index (κ2) is 7.46. The van der Waals surface area contributed by atoms with E-state index in [0.717, 1.165) is 5.56 Å². The first-order valence-corrected chi connectivity index (χ1v) is 8.52. The number of nitrogens with one attached hydrogen (secondary N) is 1. The summed E-state index contributed by atoms with van der Waals surface area (Å²) in [6.45, 7) is 7.44. The van der Waals surface area contributed by atoms with E-state index in [4.69, 9.17) is 23.2 Å². The van der Waals surface area contributed by atoms with Crippen LogP contribution in [0.2, 0.25) is 10.0 Å². The number of hydrazine groups is 1. The Kier molecular flexibility index (Phi) is 5.76. The largest absolute Gasteiger partial charge is 0.272 e. The molecule has 25 heavy (non-hydrogen) atoms. The molecule has 2 rings (SSSR count). The van der Waals surface area contributed by atoms with Crippen LogP contribution in [0.3, 0.4) is 0 Å². The summed E-state index contributed by atoms with van der Waals surface area (Å²) in [7, 11) is 0. The van der Waals surface area contributed by atoms with Crippen LogP contribution in [-0.4, -0.2) is 22.4 Å². The SMILES string of the molecule is Cc1ccc(C(=O)NN(C(=O)c2ccc(Cl)c(Cl)c2)C(C)(C)C)cc1. The van der Waals surface area contributed by atoms with Crippen LogP contribution in [0.4, 0.5) is 0 Å². The van der Waals surface area contributed by atoms with E-state index in [2.05, 4.69) is 5.43 Å². The van der Waals surface area contributed by atoms with Crippen LogP contribution in [0.1, 0.15) is 47.1 Å². The van der Waals surface area contributed by atoms with E-state index in [0.29, 0.717) is 16.1 Å². The highest BCUT2D eigenvalue weighted by Gasteiger charge is 2.29. The van der Waals surface area contributed by atoms with Crippen LogP contribution in [0, 0.1) is 6.92 Å². The highest BCUT2D eigenvalue weighted by atomic mass is 35.5. The van der Waals surface area contributed by atoms with E-state index in [1.165, 1.54) is 11.1 Å². The van der Waals surface area contributed by atoms with Crippen molar-refractivity contribution >= 4 is 35.0 Å². The van der Waals surface area contributed by atoms with Crippen LogP contribution in [0.5, 0.6) is 0 Å². The van der Waals surface area contributed by atoms with E-state index < -0.39 is 5.54 Å².